The van der Waals surface area contributed by atoms with Crippen molar-refractivity contribution in [2.45, 2.75) is 6.92 Å². The number of hydroxylamine groups is 1. The molecule has 5 heteroatoms. The van der Waals surface area contributed by atoms with Crippen molar-refractivity contribution in [3.8, 4) is 0 Å². The SMILES string of the molecule is CCONC(=O)c1cscc1Br. The fourth-order valence-electron chi connectivity index (χ4n) is 0.636. The highest BCUT2D eigenvalue weighted by atomic mass is 79.9. The van der Waals surface area contributed by atoms with Crippen LogP contribution in [0.3, 0.4) is 0 Å². The van der Waals surface area contributed by atoms with Gasteiger partial charge >= 0.3 is 0 Å². The highest BCUT2D eigenvalue weighted by Gasteiger charge is 2.09. The van der Waals surface area contributed by atoms with E-state index in [-0.39, 0.29) is 5.91 Å². The van der Waals surface area contributed by atoms with Crippen LogP contribution in [0.5, 0.6) is 0 Å². The first-order valence-corrected chi connectivity index (χ1v) is 5.13. The summed E-state index contributed by atoms with van der Waals surface area (Å²) in [7, 11) is 0. The number of nitrogens with one attached hydrogen (secondary N) is 1. The van der Waals surface area contributed by atoms with E-state index >= 15 is 0 Å². The molecular weight excluding hydrogens is 242 g/mol. The lowest BCUT2D eigenvalue weighted by molar-refractivity contribution is 0.0364. The van der Waals surface area contributed by atoms with Crippen LogP contribution >= 0.6 is 27.3 Å². The van der Waals surface area contributed by atoms with Crippen LogP contribution in [0.15, 0.2) is 15.2 Å². The second-order valence-corrected chi connectivity index (χ2v) is 3.60. The van der Waals surface area contributed by atoms with E-state index in [0.717, 1.165) is 4.47 Å². The minimum absolute atomic E-state index is 0.218. The van der Waals surface area contributed by atoms with Gasteiger partial charge in [-0.3, -0.25) is 9.63 Å². The first-order valence-electron chi connectivity index (χ1n) is 3.39. The normalized spacial score (nSPS) is 9.83. The number of hydrogen-bond acceptors (Lipinski definition) is 3. The fraction of sp³-hybridized carbons (Fsp3) is 0.286. The Morgan fingerprint density at radius 2 is 2.50 bits per heavy atom. The zero-order valence-corrected chi connectivity index (χ0v) is 8.87. The van der Waals surface area contributed by atoms with Gasteiger partial charge in [-0.25, -0.2) is 5.48 Å². The van der Waals surface area contributed by atoms with Crippen molar-refractivity contribution in [3.05, 3.63) is 20.8 Å². The molecule has 1 heterocycles. The number of rotatable bonds is 3. The number of carbonyl (C=O) groups is 1. The fourth-order valence-corrected chi connectivity index (χ4v) is 2.09. The molecule has 12 heavy (non-hydrogen) atoms. The Bertz CT molecular complexity index is 274. The van der Waals surface area contributed by atoms with Gasteiger partial charge in [0.05, 0.1) is 12.2 Å². The maximum Gasteiger partial charge on any atom is 0.276 e. The molecule has 0 aromatic carbocycles. The molecule has 3 nitrogen and oxygen atoms in total. The lowest BCUT2D eigenvalue weighted by Crippen LogP contribution is -2.23. The summed E-state index contributed by atoms with van der Waals surface area (Å²) in [5, 5.41) is 3.61. The maximum absolute atomic E-state index is 11.2. The summed E-state index contributed by atoms with van der Waals surface area (Å²) >= 11 is 4.72. The molecule has 1 rings (SSSR count). The van der Waals surface area contributed by atoms with Gasteiger partial charge in [-0.1, -0.05) is 0 Å². The number of thiophene rings is 1. The second-order valence-electron chi connectivity index (χ2n) is 2.00. The molecule has 1 aromatic rings. The smallest absolute Gasteiger partial charge is 0.274 e. The summed E-state index contributed by atoms with van der Waals surface area (Å²) in [6.45, 7) is 2.27. The summed E-state index contributed by atoms with van der Waals surface area (Å²) in [4.78, 5) is 16.0. The number of hydrogen-bond donors (Lipinski definition) is 1. The molecular formula is C7H8BrNO2S. The zero-order valence-electron chi connectivity index (χ0n) is 6.46. The van der Waals surface area contributed by atoms with Gasteiger partial charge in [0.15, 0.2) is 0 Å². The van der Waals surface area contributed by atoms with E-state index < -0.39 is 0 Å². The molecule has 0 spiro atoms. The van der Waals surface area contributed by atoms with Crippen LogP contribution in [0.4, 0.5) is 0 Å². The lowest BCUT2D eigenvalue weighted by atomic mass is 10.3. The zero-order chi connectivity index (χ0) is 8.97. The van der Waals surface area contributed by atoms with Crippen LogP contribution in [0.25, 0.3) is 0 Å². The van der Waals surface area contributed by atoms with Gasteiger partial charge in [0.1, 0.15) is 0 Å². The van der Waals surface area contributed by atoms with Crippen molar-refractivity contribution in [1.29, 1.82) is 0 Å². The number of halogens is 1. The Morgan fingerprint density at radius 1 is 1.75 bits per heavy atom. The largest absolute Gasteiger partial charge is 0.276 e. The number of amides is 1. The van der Waals surface area contributed by atoms with Crippen molar-refractivity contribution >= 4 is 33.2 Å². The van der Waals surface area contributed by atoms with Crippen LogP contribution in [0.1, 0.15) is 17.3 Å². The van der Waals surface area contributed by atoms with E-state index in [2.05, 4.69) is 21.4 Å². The Kier molecular flexibility index (Phi) is 3.71. The van der Waals surface area contributed by atoms with Crippen molar-refractivity contribution in [2.75, 3.05) is 6.61 Å². The van der Waals surface area contributed by atoms with E-state index in [0.29, 0.717) is 12.2 Å². The Labute approximate surface area is 82.8 Å². The third-order valence-electron chi connectivity index (χ3n) is 1.17. The molecule has 0 atom stereocenters. The Morgan fingerprint density at radius 3 is 3.00 bits per heavy atom. The molecule has 0 bridgehead atoms. The molecule has 0 unspecified atom stereocenters. The van der Waals surface area contributed by atoms with Gasteiger partial charge in [-0.05, 0) is 22.9 Å². The maximum atomic E-state index is 11.2. The molecule has 0 saturated carbocycles. The van der Waals surface area contributed by atoms with Gasteiger partial charge < -0.3 is 0 Å². The predicted octanol–water partition coefficient (Wildman–Crippen LogP) is 2.19. The minimum Gasteiger partial charge on any atom is -0.274 e. The van der Waals surface area contributed by atoms with Crippen molar-refractivity contribution in [1.82, 2.24) is 5.48 Å². The molecule has 0 aliphatic rings. The highest BCUT2D eigenvalue weighted by Crippen LogP contribution is 2.20. The minimum atomic E-state index is -0.218. The third kappa shape index (κ3) is 2.30. The summed E-state index contributed by atoms with van der Waals surface area (Å²) < 4.78 is 0.796. The first-order chi connectivity index (χ1) is 5.75. The molecule has 1 N–H and O–H groups in total. The van der Waals surface area contributed by atoms with Crippen LogP contribution in [-0.4, -0.2) is 12.5 Å². The van der Waals surface area contributed by atoms with Crippen LogP contribution < -0.4 is 5.48 Å². The molecule has 0 saturated heterocycles. The van der Waals surface area contributed by atoms with Gasteiger partial charge in [-0.2, -0.15) is 11.3 Å². The second kappa shape index (κ2) is 4.59. The lowest BCUT2D eigenvalue weighted by Gasteiger charge is -2.01. The van der Waals surface area contributed by atoms with Gasteiger partial charge in [-0.15, -0.1) is 0 Å². The summed E-state index contributed by atoms with van der Waals surface area (Å²) in [5.74, 6) is -0.218. The van der Waals surface area contributed by atoms with Crippen molar-refractivity contribution in [3.63, 3.8) is 0 Å². The molecule has 0 aliphatic carbocycles. The van der Waals surface area contributed by atoms with Gasteiger partial charge in [0, 0.05) is 15.2 Å². The predicted molar refractivity (Wildman–Crippen MR) is 51.1 cm³/mol. The van der Waals surface area contributed by atoms with E-state index in [9.17, 15) is 4.79 Å². The van der Waals surface area contributed by atoms with E-state index in [1.54, 1.807) is 5.38 Å². The van der Waals surface area contributed by atoms with Gasteiger partial charge in [0.2, 0.25) is 0 Å². The summed E-state index contributed by atoms with van der Waals surface area (Å²) in [6.07, 6.45) is 0. The molecule has 0 aliphatic heterocycles. The molecule has 66 valence electrons. The third-order valence-corrected chi connectivity index (χ3v) is 2.87. The monoisotopic (exact) mass is 249 g/mol. The topological polar surface area (TPSA) is 38.3 Å². The van der Waals surface area contributed by atoms with Gasteiger partial charge in [0.25, 0.3) is 5.91 Å². The van der Waals surface area contributed by atoms with Crippen molar-refractivity contribution in [2.24, 2.45) is 0 Å². The number of carbonyl (C=O) groups excluding carboxylic acids is 1. The van der Waals surface area contributed by atoms with E-state index in [4.69, 9.17) is 4.84 Å². The summed E-state index contributed by atoms with van der Waals surface area (Å²) in [6, 6.07) is 0. The average Bonchev–Trinajstić information content (AvgIpc) is 2.47. The highest BCUT2D eigenvalue weighted by molar-refractivity contribution is 9.10. The average molecular weight is 250 g/mol. The Hall–Kier alpha value is -0.390. The molecule has 1 amide bonds. The van der Waals surface area contributed by atoms with Crippen molar-refractivity contribution < 1.29 is 9.63 Å². The van der Waals surface area contributed by atoms with Crippen LogP contribution in [-0.2, 0) is 4.84 Å². The summed E-state index contributed by atoms with van der Waals surface area (Å²) in [5.41, 5.74) is 2.92. The van der Waals surface area contributed by atoms with E-state index in [1.165, 1.54) is 11.3 Å². The van der Waals surface area contributed by atoms with E-state index in [1.807, 2.05) is 12.3 Å². The standard InChI is InChI=1S/C7H8BrNO2S/c1-2-11-9-7(10)5-3-12-4-6(5)8/h3-4H,2H2,1H3,(H,9,10). The van der Waals surface area contributed by atoms with Crippen LogP contribution in [0.2, 0.25) is 0 Å². The quantitative estimate of drug-likeness (QED) is 0.835. The van der Waals surface area contributed by atoms with Crippen LogP contribution in [0, 0.1) is 0 Å². The molecule has 0 fully saturated rings. The molecule has 0 radical (unpaired) electrons. The Balaban J connectivity index is 2.59. The first kappa shape index (κ1) is 9.70. The molecule has 1 aromatic heterocycles.